The molecule has 0 bridgehead atoms. The molecule has 4 heteroatoms. The van der Waals surface area contributed by atoms with Gasteiger partial charge in [0.15, 0.2) is 0 Å². The number of halogens is 2. The molecule has 1 atom stereocenters. The van der Waals surface area contributed by atoms with Gasteiger partial charge in [0.2, 0.25) is 0 Å². The topological polar surface area (TPSA) is 26.0 Å². The van der Waals surface area contributed by atoms with E-state index in [1.807, 2.05) is 30.3 Å². The van der Waals surface area contributed by atoms with Crippen LogP contribution in [0, 0.1) is 0 Å². The molecule has 0 aliphatic rings. The van der Waals surface area contributed by atoms with Crippen LogP contribution in [0.3, 0.4) is 0 Å². The minimum atomic E-state index is -0.143. The van der Waals surface area contributed by atoms with Crippen LogP contribution in [0.2, 0.25) is 4.34 Å². The normalized spacial score (nSPS) is 12.8. The van der Waals surface area contributed by atoms with E-state index in [0.29, 0.717) is 0 Å². The lowest BCUT2D eigenvalue weighted by Gasteiger charge is -2.14. The number of hydrogen-bond donors (Lipinski definition) is 1. The van der Waals surface area contributed by atoms with Gasteiger partial charge in [-0.05, 0) is 34.5 Å². The summed E-state index contributed by atoms with van der Waals surface area (Å²) in [5.74, 6) is 0. The second-order valence-corrected chi connectivity index (χ2v) is 6.90. The summed E-state index contributed by atoms with van der Waals surface area (Å²) in [4.78, 5) is 1.08. The zero-order valence-electron chi connectivity index (χ0n) is 9.94. The Morgan fingerprint density at radius 3 is 2.42 bits per heavy atom. The molecule has 1 nitrogen and oxygen atoms in total. The van der Waals surface area contributed by atoms with E-state index in [1.54, 1.807) is 0 Å². The van der Waals surface area contributed by atoms with Crippen molar-refractivity contribution in [1.29, 1.82) is 0 Å². The molecule has 0 fully saturated rings. The van der Waals surface area contributed by atoms with E-state index >= 15 is 0 Å². The van der Waals surface area contributed by atoms with Gasteiger partial charge in [0.05, 0.1) is 10.4 Å². The first-order valence-electron chi connectivity index (χ1n) is 5.85. The summed E-state index contributed by atoms with van der Waals surface area (Å²) in [6.07, 6.45) is 0. The van der Waals surface area contributed by atoms with Gasteiger partial charge in [0.25, 0.3) is 0 Å². The highest BCUT2D eigenvalue weighted by molar-refractivity contribution is 9.10. The summed E-state index contributed by atoms with van der Waals surface area (Å²) in [6, 6.07) is 16.1. The van der Waals surface area contributed by atoms with Crippen molar-refractivity contribution in [2.45, 2.75) is 6.04 Å². The molecule has 0 aliphatic carbocycles. The van der Waals surface area contributed by atoms with Crippen molar-refractivity contribution in [3.05, 3.63) is 67.8 Å². The fourth-order valence-corrected chi connectivity index (χ4v) is 3.76. The lowest BCUT2D eigenvalue weighted by molar-refractivity contribution is 0.903. The number of benzene rings is 2. The molecular weight excluding hydrogens is 342 g/mol. The maximum Gasteiger partial charge on any atom is 0.0931 e. The molecule has 0 saturated carbocycles. The van der Waals surface area contributed by atoms with Crippen LogP contribution in [0.4, 0.5) is 0 Å². The molecule has 0 radical (unpaired) electrons. The second kappa shape index (κ2) is 5.25. The fourth-order valence-electron chi connectivity index (χ4n) is 2.21. The molecule has 2 N–H and O–H groups in total. The number of nitrogens with two attached hydrogens (primary N) is 1. The van der Waals surface area contributed by atoms with Gasteiger partial charge >= 0.3 is 0 Å². The summed E-state index contributed by atoms with van der Waals surface area (Å²) < 4.78 is 1.86. The first kappa shape index (κ1) is 13.1. The highest BCUT2D eigenvalue weighted by Gasteiger charge is 2.15. The SMILES string of the molecule is NC(c1ccc(Cl)s1)c1ccc(Br)c2ccccc12. The van der Waals surface area contributed by atoms with Gasteiger partial charge in [-0.1, -0.05) is 57.9 Å². The highest BCUT2D eigenvalue weighted by Crippen LogP contribution is 2.35. The molecule has 1 heterocycles. The van der Waals surface area contributed by atoms with Crippen LogP contribution >= 0.6 is 38.9 Å². The van der Waals surface area contributed by atoms with Crippen LogP contribution in [0.25, 0.3) is 10.8 Å². The summed E-state index contributed by atoms with van der Waals surface area (Å²) in [7, 11) is 0. The molecule has 0 aliphatic heterocycles. The predicted octanol–water partition coefficient (Wildman–Crippen LogP) is 5.37. The third-order valence-corrected chi connectivity index (χ3v) is 5.15. The number of thiophene rings is 1. The quantitative estimate of drug-likeness (QED) is 0.659. The van der Waals surface area contributed by atoms with E-state index in [-0.39, 0.29) is 6.04 Å². The first-order valence-corrected chi connectivity index (χ1v) is 7.83. The molecule has 19 heavy (non-hydrogen) atoms. The van der Waals surface area contributed by atoms with Gasteiger partial charge in [-0.25, -0.2) is 0 Å². The molecule has 2 aromatic carbocycles. The van der Waals surface area contributed by atoms with Crippen LogP contribution in [0.15, 0.2) is 53.0 Å². The van der Waals surface area contributed by atoms with Gasteiger partial charge in [0, 0.05) is 9.35 Å². The van der Waals surface area contributed by atoms with Gasteiger partial charge < -0.3 is 5.73 Å². The zero-order valence-corrected chi connectivity index (χ0v) is 13.1. The number of fused-ring (bicyclic) bond motifs is 1. The monoisotopic (exact) mass is 351 g/mol. The van der Waals surface area contributed by atoms with E-state index in [9.17, 15) is 0 Å². The molecule has 1 aromatic heterocycles. The Morgan fingerprint density at radius 1 is 1.00 bits per heavy atom. The van der Waals surface area contributed by atoms with Crippen molar-refractivity contribution in [1.82, 2.24) is 0 Å². The van der Waals surface area contributed by atoms with Gasteiger partial charge in [-0.2, -0.15) is 0 Å². The van der Waals surface area contributed by atoms with Gasteiger partial charge in [-0.3, -0.25) is 0 Å². The lowest BCUT2D eigenvalue weighted by atomic mass is 9.98. The number of rotatable bonds is 2. The Hall–Kier alpha value is -0.870. The minimum Gasteiger partial charge on any atom is -0.320 e. The van der Waals surface area contributed by atoms with Crippen LogP contribution in [-0.2, 0) is 0 Å². The van der Waals surface area contributed by atoms with E-state index in [2.05, 4.69) is 34.1 Å². The van der Waals surface area contributed by atoms with Crippen molar-refractivity contribution in [2.24, 2.45) is 5.73 Å². The summed E-state index contributed by atoms with van der Waals surface area (Å²) in [6.45, 7) is 0. The molecule has 0 spiro atoms. The maximum absolute atomic E-state index is 6.38. The lowest BCUT2D eigenvalue weighted by Crippen LogP contribution is -2.10. The van der Waals surface area contributed by atoms with E-state index < -0.39 is 0 Å². The highest BCUT2D eigenvalue weighted by atomic mass is 79.9. The molecule has 3 aromatic rings. The Labute approximate surface area is 129 Å². The Kier molecular flexibility index (Phi) is 3.63. The zero-order chi connectivity index (χ0) is 13.4. The standard InChI is InChI=1S/C15H11BrClNS/c16-12-6-5-11(9-3-1-2-4-10(9)12)15(18)13-7-8-14(17)19-13/h1-8,15H,18H2. The van der Waals surface area contributed by atoms with Gasteiger partial charge in [-0.15, -0.1) is 11.3 Å². The van der Waals surface area contributed by atoms with Crippen LogP contribution in [0.5, 0.6) is 0 Å². The minimum absolute atomic E-state index is 0.143. The van der Waals surface area contributed by atoms with E-state index in [0.717, 1.165) is 19.2 Å². The first-order chi connectivity index (χ1) is 9.16. The summed E-state index contributed by atoms with van der Waals surface area (Å²) in [5.41, 5.74) is 7.50. The molecule has 96 valence electrons. The Morgan fingerprint density at radius 2 is 1.74 bits per heavy atom. The summed E-state index contributed by atoms with van der Waals surface area (Å²) >= 11 is 11.1. The third-order valence-electron chi connectivity index (χ3n) is 3.14. The average Bonchev–Trinajstić information content (AvgIpc) is 2.86. The maximum atomic E-state index is 6.38. The van der Waals surface area contributed by atoms with Crippen molar-refractivity contribution in [2.75, 3.05) is 0 Å². The smallest absolute Gasteiger partial charge is 0.0931 e. The van der Waals surface area contributed by atoms with Crippen molar-refractivity contribution in [3.8, 4) is 0 Å². The second-order valence-electron chi connectivity index (χ2n) is 4.30. The average molecular weight is 353 g/mol. The van der Waals surface area contributed by atoms with Crippen molar-refractivity contribution in [3.63, 3.8) is 0 Å². The van der Waals surface area contributed by atoms with E-state index in [4.69, 9.17) is 17.3 Å². The summed E-state index contributed by atoms with van der Waals surface area (Å²) in [5, 5.41) is 2.35. The largest absolute Gasteiger partial charge is 0.320 e. The molecule has 0 amide bonds. The molecule has 0 saturated heterocycles. The number of hydrogen-bond acceptors (Lipinski definition) is 2. The fraction of sp³-hybridized carbons (Fsp3) is 0.0667. The Balaban J connectivity index is 2.18. The van der Waals surface area contributed by atoms with Crippen LogP contribution < -0.4 is 5.73 Å². The van der Waals surface area contributed by atoms with E-state index in [1.165, 1.54) is 22.1 Å². The van der Waals surface area contributed by atoms with Crippen LogP contribution in [0.1, 0.15) is 16.5 Å². The molecule has 1 unspecified atom stereocenters. The van der Waals surface area contributed by atoms with Gasteiger partial charge in [0.1, 0.15) is 0 Å². The van der Waals surface area contributed by atoms with Crippen LogP contribution in [-0.4, -0.2) is 0 Å². The Bertz CT molecular complexity index is 738. The third kappa shape index (κ3) is 2.43. The molecular formula is C15H11BrClNS. The van der Waals surface area contributed by atoms with Crippen molar-refractivity contribution >= 4 is 49.6 Å². The molecule has 3 rings (SSSR count). The predicted molar refractivity (Wildman–Crippen MR) is 87.0 cm³/mol. The van der Waals surface area contributed by atoms with Crippen molar-refractivity contribution < 1.29 is 0 Å².